The molecule has 1 fully saturated rings. The van der Waals surface area contributed by atoms with Crippen LogP contribution in [0.2, 0.25) is 0 Å². The lowest BCUT2D eigenvalue weighted by molar-refractivity contribution is 0.171. The van der Waals surface area contributed by atoms with Crippen LogP contribution in [0, 0.1) is 5.92 Å². The Hall–Kier alpha value is -0.370. The van der Waals surface area contributed by atoms with Crippen molar-refractivity contribution in [3.63, 3.8) is 0 Å². The fraction of sp³-hybridized carbons (Fsp3) is 0.750. The SMILES string of the molecule is C=CC[C@@H]1C[C@@H](O)C[C@H]1F. The van der Waals surface area contributed by atoms with Crippen molar-refractivity contribution in [3.8, 4) is 0 Å². The van der Waals surface area contributed by atoms with Crippen LogP contribution in [-0.2, 0) is 0 Å². The Morgan fingerprint density at radius 3 is 2.70 bits per heavy atom. The lowest BCUT2D eigenvalue weighted by Gasteiger charge is -2.07. The highest BCUT2D eigenvalue weighted by Crippen LogP contribution is 2.31. The van der Waals surface area contributed by atoms with Gasteiger partial charge in [0.15, 0.2) is 0 Å². The summed E-state index contributed by atoms with van der Waals surface area (Å²) >= 11 is 0. The molecule has 3 atom stereocenters. The Balaban J connectivity index is 2.38. The van der Waals surface area contributed by atoms with Crippen molar-refractivity contribution >= 4 is 0 Å². The van der Waals surface area contributed by atoms with Gasteiger partial charge in [0.1, 0.15) is 6.17 Å². The summed E-state index contributed by atoms with van der Waals surface area (Å²) in [5.41, 5.74) is 0. The van der Waals surface area contributed by atoms with Gasteiger partial charge in [0.25, 0.3) is 0 Å². The summed E-state index contributed by atoms with van der Waals surface area (Å²) in [4.78, 5) is 0. The third kappa shape index (κ3) is 1.57. The molecule has 1 nitrogen and oxygen atoms in total. The maximum atomic E-state index is 12.8. The van der Waals surface area contributed by atoms with Gasteiger partial charge in [-0.2, -0.15) is 0 Å². The summed E-state index contributed by atoms with van der Waals surface area (Å²) in [5.74, 6) is 0.0208. The minimum atomic E-state index is -0.812. The van der Waals surface area contributed by atoms with Crippen LogP contribution in [0.25, 0.3) is 0 Å². The van der Waals surface area contributed by atoms with Gasteiger partial charge in [0.2, 0.25) is 0 Å². The third-order valence-electron chi connectivity index (χ3n) is 2.05. The first-order valence-corrected chi connectivity index (χ1v) is 3.67. The molecule has 0 saturated heterocycles. The van der Waals surface area contributed by atoms with E-state index < -0.39 is 12.3 Å². The monoisotopic (exact) mass is 144 g/mol. The van der Waals surface area contributed by atoms with Gasteiger partial charge in [0, 0.05) is 6.42 Å². The topological polar surface area (TPSA) is 20.2 Å². The van der Waals surface area contributed by atoms with Crippen molar-refractivity contribution in [1.82, 2.24) is 0 Å². The Bertz CT molecular complexity index is 124. The standard InChI is InChI=1S/C8H13FO/c1-2-3-6-4-7(10)5-8(6)9/h2,6-8,10H,1,3-5H2/t6-,7-,8-/m1/s1. The van der Waals surface area contributed by atoms with E-state index in [0.29, 0.717) is 19.3 Å². The molecular formula is C8H13FO. The van der Waals surface area contributed by atoms with Crippen LogP contribution in [0.1, 0.15) is 19.3 Å². The largest absolute Gasteiger partial charge is 0.393 e. The molecule has 0 amide bonds. The zero-order valence-electron chi connectivity index (χ0n) is 5.96. The van der Waals surface area contributed by atoms with Gasteiger partial charge in [0.05, 0.1) is 6.10 Å². The molecule has 1 aliphatic rings. The predicted octanol–water partition coefficient (Wildman–Crippen LogP) is 1.67. The van der Waals surface area contributed by atoms with Crippen LogP contribution in [0.15, 0.2) is 12.7 Å². The van der Waals surface area contributed by atoms with Crippen molar-refractivity contribution in [2.24, 2.45) is 5.92 Å². The quantitative estimate of drug-likeness (QED) is 0.584. The first-order valence-electron chi connectivity index (χ1n) is 3.67. The van der Waals surface area contributed by atoms with Crippen molar-refractivity contribution in [3.05, 3.63) is 12.7 Å². The van der Waals surface area contributed by atoms with E-state index in [-0.39, 0.29) is 5.92 Å². The summed E-state index contributed by atoms with van der Waals surface area (Å²) < 4.78 is 12.8. The number of hydrogen-bond acceptors (Lipinski definition) is 1. The molecule has 10 heavy (non-hydrogen) atoms. The van der Waals surface area contributed by atoms with E-state index in [1.54, 1.807) is 6.08 Å². The third-order valence-corrected chi connectivity index (χ3v) is 2.05. The van der Waals surface area contributed by atoms with Gasteiger partial charge in [-0.15, -0.1) is 6.58 Å². The van der Waals surface area contributed by atoms with Gasteiger partial charge in [-0.05, 0) is 18.8 Å². The van der Waals surface area contributed by atoms with Crippen LogP contribution in [0.5, 0.6) is 0 Å². The average molecular weight is 144 g/mol. The Morgan fingerprint density at radius 2 is 2.30 bits per heavy atom. The first kappa shape index (κ1) is 7.73. The van der Waals surface area contributed by atoms with Gasteiger partial charge in [-0.3, -0.25) is 0 Å². The normalized spacial score (nSPS) is 40.0. The summed E-state index contributed by atoms with van der Waals surface area (Å²) in [7, 11) is 0. The number of halogens is 1. The Labute approximate surface area is 60.6 Å². The maximum Gasteiger partial charge on any atom is 0.106 e. The lowest BCUT2D eigenvalue weighted by atomic mass is 10.0. The summed E-state index contributed by atoms with van der Waals surface area (Å²) in [6, 6.07) is 0. The first-order chi connectivity index (χ1) is 4.74. The molecule has 58 valence electrons. The lowest BCUT2D eigenvalue weighted by Crippen LogP contribution is -2.05. The van der Waals surface area contributed by atoms with Crippen LogP contribution >= 0.6 is 0 Å². The van der Waals surface area contributed by atoms with E-state index in [9.17, 15) is 4.39 Å². The molecule has 1 aliphatic carbocycles. The second kappa shape index (κ2) is 3.15. The zero-order chi connectivity index (χ0) is 7.56. The van der Waals surface area contributed by atoms with Gasteiger partial charge >= 0.3 is 0 Å². The number of allylic oxidation sites excluding steroid dienone is 1. The van der Waals surface area contributed by atoms with Crippen LogP contribution in [0.3, 0.4) is 0 Å². The highest BCUT2D eigenvalue weighted by molar-refractivity contribution is 4.87. The highest BCUT2D eigenvalue weighted by Gasteiger charge is 2.31. The van der Waals surface area contributed by atoms with E-state index in [2.05, 4.69) is 6.58 Å². The molecule has 0 aromatic carbocycles. The number of hydrogen-bond donors (Lipinski definition) is 1. The number of aliphatic hydroxyl groups is 1. The maximum absolute atomic E-state index is 12.8. The Morgan fingerprint density at radius 1 is 1.60 bits per heavy atom. The molecular weight excluding hydrogens is 131 g/mol. The van der Waals surface area contributed by atoms with Crippen molar-refractivity contribution < 1.29 is 9.50 Å². The smallest absolute Gasteiger partial charge is 0.106 e. The molecule has 0 spiro atoms. The molecule has 0 aromatic rings. The fourth-order valence-corrected chi connectivity index (χ4v) is 1.50. The molecule has 1 N–H and O–H groups in total. The molecule has 0 aromatic heterocycles. The molecule has 0 aliphatic heterocycles. The number of aliphatic hydroxyl groups excluding tert-OH is 1. The Kier molecular flexibility index (Phi) is 2.44. The molecule has 2 heteroatoms. The second-order valence-electron chi connectivity index (χ2n) is 2.93. The van der Waals surface area contributed by atoms with Crippen LogP contribution < -0.4 is 0 Å². The highest BCUT2D eigenvalue weighted by atomic mass is 19.1. The fourth-order valence-electron chi connectivity index (χ4n) is 1.50. The molecule has 0 unspecified atom stereocenters. The minimum absolute atomic E-state index is 0.0208. The second-order valence-corrected chi connectivity index (χ2v) is 2.93. The summed E-state index contributed by atoms with van der Waals surface area (Å²) in [6.45, 7) is 3.54. The van der Waals surface area contributed by atoms with Crippen LogP contribution in [-0.4, -0.2) is 17.4 Å². The number of rotatable bonds is 2. The molecule has 1 saturated carbocycles. The van der Waals surface area contributed by atoms with Crippen molar-refractivity contribution in [2.45, 2.75) is 31.5 Å². The predicted molar refractivity (Wildman–Crippen MR) is 38.4 cm³/mol. The summed E-state index contributed by atoms with van der Waals surface area (Å²) in [5, 5.41) is 9.02. The summed E-state index contributed by atoms with van der Waals surface area (Å²) in [6.07, 6.45) is 2.10. The van der Waals surface area contributed by atoms with Crippen LogP contribution in [0.4, 0.5) is 4.39 Å². The van der Waals surface area contributed by atoms with Crippen molar-refractivity contribution in [1.29, 1.82) is 0 Å². The number of alkyl halides is 1. The molecule has 1 rings (SSSR count). The minimum Gasteiger partial charge on any atom is -0.393 e. The van der Waals surface area contributed by atoms with Gasteiger partial charge < -0.3 is 5.11 Å². The molecule has 0 radical (unpaired) electrons. The van der Waals surface area contributed by atoms with Crippen molar-refractivity contribution in [2.75, 3.05) is 0 Å². The van der Waals surface area contributed by atoms with Gasteiger partial charge in [-0.1, -0.05) is 6.08 Å². The van der Waals surface area contributed by atoms with Gasteiger partial charge in [-0.25, -0.2) is 4.39 Å². The molecule has 0 bridgehead atoms. The average Bonchev–Trinajstić information content (AvgIpc) is 2.13. The van der Waals surface area contributed by atoms with E-state index >= 15 is 0 Å². The van der Waals surface area contributed by atoms with E-state index in [1.165, 1.54) is 0 Å². The molecule has 0 heterocycles. The van der Waals surface area contributed by atoms with E-state index in [4.69, 9.17) is 5.11 Å². The van der Waals surface area contributed by atoms with E-state index in [0.717, 1.165) is 0 Å². The zero-order valence-corrected chi connectivity index (χ0v) is 5.96. The van der Waals surface area contributed by atoms with E-state index in [1.807, 2.05) is 0 Å².